The van der Waals surface area contributed by atoms with Crippen molar-refractivity contribution in [3.05, 3.63) is 58.7 Å². The molecule has 2 saturated carbocycles. The van der Waals surface area contributed by atoms with Gasteiger partial charge in [-0.05, 0) is 108 Å². The molecule has 4 unspecified atom stereocenters. The number of anilines is 1. The van der Waals surface area contributed by atoms with Crippen LogP contribution < -0.4 is 15.0 Å². The summed E-state index contributed by atoms with van der Waals surface area (Å²) >= 11 is 0. The van der Waals surface area contributed by atoms with Crippen LogP contribution in [-0.2, 0) is 4.79 Å². The van der Waals surface area contributed by atoms with Crippen molar-refractivity contribution in [2.24, 2.45) is 11.3 Å². The monoisotopic (exact) mass is 672 g/mol. The van der Waals surface area contributed by atoms with Crippen LogP contribution in [0.2, 0.25) is 0 Å². The van der Waals surface area contributed by atoms with Crippen LogP contribution in [0.25, 0.3) is 11.6 Å². The van der Waals surface area contributed by atoms with Gasteiger partial charge in [-0.15, -0.1) is 0 Å². The van der Waals surface area contributed by atoms with Gasteiger partial charge in [0.05, 0.1) is 12.5 Å². The Balaban J connectivity index is 0.000000710. The maximum Gasteiger partial charge on any atom is 0.231 e. The molecular weight excluding hydrogens is 608 g/mol. The summed E-state index contributed by atoms with van der Waals surface area (Å²) in [7, 11) is 11.8. The molecule has 0 radical (unpaired) electrons. The highest BCUT2D eigenvalue weighted by Crippen LogP contribution is 2.63. The number of benzene rings is 2. The van der Waals surface area contributed by atoms with Crippen LogP contribution in [0.1, 0.15) is 118 Å². The fraction of sp³-hybridized carbons (Fsp3) is 0.619. The summed E-state index contributed by atoms with van der Waals surface area (Å²) in [4.78, 5) is 33.5. The number of carbonyl (C=O) groups excluding carboxylic acids is 2. The molecule has 2 aliphatic heterocycles. The van der Waals surface area contributed by atoms with Gasteiger partial charge in [0.2, 0.25) is 5.91 Å². The third-order valence-electron chi connectivity index (χ3n) is 11.0. The topological polar surface area (TPSA) is 65.1 Å². The number of nitrogens with one attached hydrogen (secondary N) is 1. The molecule has 2 aromatic rings. The molecule has 270 valence electrons. The number of fused-ring (bicyclic) bond motifs is 4. The van der Waals surface area contributed by atoms with E-state index < -0.39 is 5.41 Å². The Labute approximate surface area is 297 Å². The maximum absolute atomic E-state index is 14.9. The number of methoxy groups -OCH3 is 1. The van der Waals surface area contributed by atoms with Crippen LogP contribution >= 0.6 is 0 Å². The highest BCUT2D eigenvalue weighted by molar-refractivity contribution is 5.94. The number of likely N-dealkylation sites (tertiary alicyclic amines) is 1. The molecular formula is C42H64N4O3. The molecule has 3 fully saturated rings. The van der Waals surface area contributed by atoms with Crippen molar-refractivity contribution in [3.63, 3.8) is 0 Å². The molecule has 7 nitrogen and oxygen atoms in total. The lowest BCUT2D eigenvalue weighted by Crippen LogP contribution is -2.50. The largest absolute Gasteiger partial charge is 0.497 e. The van der Waals surface area contributed by atoms with E-state index in [2.05, 4.69) is 92.3 Å². The summed E-state index contributed by atoms with van der Waals surface area (Å²) in [5.41, 5.74) is 6.20. The minimum Gasteiger partial charge on any atom is -0.497 e. The molecule has 6 rings (SSSR count). The number of hydrogen-bond donors (Lipinski definition) is 1. The van der Waals surface area contributed by atoms with Gasteiger partial charge in [0.15, 0.2) is 0 Å². The normalized spacial score (nSPS) is 25.7. The lowest BCUT2D eigenvalue weighted by Gasteiger charge is -2.37. The number of rotatable bonds is 7. The number of nitrogens with zero attached hydrogens (tertiary/aromatic N) is 3. The van der Waals surface area contributed by atoms with E-state index in [0.29, 0.717) is 18.0 Å². The number of allylic oxidation sites excluding steroid dienone is 1. The second-order valence-electron chi connectivity index (χ2n) is 15.1. The Bertz CT molecular complexity index is 1430. The van der Waals surface area contributed by atoms with Gasteiger partial charge in [0.25, 0.3) is 0 Å². The lowest BCUT2D eigenvalue weighted by atomic mass is 9.78. The average molecular weight is 673 g/mol. The van der Waals surface area contributed by atoms with E-state index in [1.165, 1.54) is 67.2 Å². The van der Waals surface area contributed by atoms with Gasteiger partial charge in [0, 0.05) is 55.0 Å². The van der Waals surface area contributed by atoms with Gasteiger partial charge < -0.3 is 24.8 Å². The Hall–Kier alpha value is -3.16. The summed E-state index contributed by atoms with van der Waals surface area (Å²) in [6.45, 7) is 8.09. The molecule has 2 aliphatic carbocycles. The molecule has 49 heavy (non-hydrogen) atoms. The first-order valence-corrected chi connectivity index (χ1v) is 18.8. The van der Waals surface area contributed by atoms with E-state index in [0.717, 1.165) is 43.5 Å². The van der Waals surface area contributed by atoms with Gasteiger partial charge >= 0.3 is 0 Å². The molecule has 2 aromatic carbocycles. The molecule has 0 spiro atoms. The average Bonchev–Trinajstić information content (AvgIpc) is 3.73. The van der Waals surface area contributed by atoms with Gasteiger partial charge in [0.1, 0.15) is 12.0 Å². The van der Waals surface area contributed by atoms with Crippen molar-refractivity contribution in [1.82, 2.24) is 15.1 Å². The van der Waals surface area contributed by atoms with E-state index in [9.17, 15) is 9.59 Å². The molecule has 4 atom stereocenters. The number of hydrogen-bond acceptors (Lipinski definition) is 6. The standard InChI is InChI=1S/C36H47N3O3.C4H10.C2H7N/c1-24-11-14-28(21-37(2)3)39(24)35(41)36-20-33(36)32-19-29(42-5)15-13-27(32)18-31(26-9-7-6-8-10-26)30-16-12-25(22-40)17-34(30)38(4)23-36;1-3-4-2;1-3-2/h12-13,15-19,22,24,26,28,33H,6-11,14,20-21,23H2,1-5H3;3-4H2,1-2H3;3H,1-2H3/b31-18+;;. The Morgan fingerprint density at radius 3 is 2.33 bits per heavy atom. The van der Waals surface area contributed by atoms with Gasteiger partial charge in [-0.1, -0.05) is 70.2 Å². The molecule has 1 amide bonds. The molecule has 0 bridgehead atoms. The Morgan fingerprint density at radius 1 is 1.02 bits per heavy atom. The van der Waals surface area contributed by atoms with E-state index in [1.807, 2.05) is 26.2 Å². The summed E-state index contributed by atoms with van der Waals surface area (Å²) < 4.78 is 5.73. The van der Waals surface area contributed by atoms with E-state index in [-0.39, 0.29) is 23.9 Å². The van der Waals surface area contributed by atoms with Crippen molar-refractivity contribution in [2.45, 2.75) is 103 Å². The number of carbonyl (C=O) groups is 2. The highest BCUT2D eigenvalue weighted by atomic mass is 16.5. The zero-order valence-electron chi connectivity index (χ0n) is 32.0. The molecule has 0 aromatic heterocycles. The van der Waals surface area contributed by atoms with Crippen molar-refractivity contribution < 1.29 is 14.3 Å². The summed E-state index contributed by atoms with van der Waals surface area (Å²) in [5.74, 6) is 1.72. The maximum atomic E-state index is 14.9. The SMILES string of the molecule is CCCC.CNC.COc1ccc2c(c1)C1CC1(C(=O)N1C(C)CCC1CN(C)C)CN(C)c1cc(C=O)ccc1/C(C1CCCCC1)=C/2. The highest BCUT2D eigenvalue weighted by Gasteiger charge is 2.64. The van der Waals surface area contributed by atoms with Crippen LogP contribution in [0, 0.1) is 11.3 Å². The minimum atomic E-state index is -0.524. The summed E-state index contributed by atoms with van der Waals surface area (Å²) in [6, 6.07) is 13.0. The molecule has 4 aliphatic rings. The number of unbranched alkanes of at least 4 members (excludes halogenated alkanes) is 1. The summed E-state index contributed by atoms with van der Waals surface area (Å²) in [5, 5.41) is 2.75. The number of aldehydes is 1. The van der Waals surface area contributed by atoms with Crippen LogP contribution in [0.15, 0.2) is 36.4 Å². The van der Waals surface area contributed by atoms with Crippen LogP contribution in [0.5, 0.6) is 5.75 Å². The molecule has 1 saturated heterocycles. The van der Waals surface area contributed by atoms with Crippen LogP contribution in [0.3, 0.4) is 0 Å². The first-order valence-electron chi connectivity index (χ1n) is 18.8. The minimum absolute atomic E-state index is 0.116. The zero-order valence-corrected chi connectivity index (χ0v) is 32.0. The van der Waals surface area contributed by atoms with Gasteiger partial charge in [-0.25, -0.2) is 0 Å². The second-order valence-corrected chi connectivity index (χ2v) is 15.1. The lowest BCUT2D eigenvalue weighted by molar-refractivity contribution is -0.139. The van der Waals surface area contributed by atoms with E-state index in [1.54, 1.807) is 7.11 Å². The van der Waals surface area contributed by atoms with Gasteiger partial charge in [-0.2, -0.15) is 0 Å². The van der Waals surface area contributed by atoms with Crippen molar-refractivity contribution >= 4 is 29.5 Å². The fourth-order valence-electron chi connectivity index (χ4n) is 8.29. The third kappa shape index (κ3) is 8.78. The quantitative estimate of drug-likeness (QED) is 0.300. The number of likely N-dealkylation sites (N-methyl/N-ethyl adjacent to an activating group) is 1. The summed E-state index contributed by atoms with van der Waals surface area (Å²) in [6.07, 6.45) is 15.1. The molecule has 1 N–H and O–H groups in total. The first kappa shape index (κ1) is 38.6. The predicted octanol–water partition coefficient (Wildman–Crippen LogP) is 8.14. The van der Waals surface area contributed by atoms with Gasteiger partial charge in [-0.3, -0.25) is 9.59 Å². The Kier molecular flexibility index (Phi) is 13.9. The van der Waals surface area contributed by atoms with Crippen molar-refractivity contribution in [3.8, 4) is 5.75 Å². The zero-order chi connectivity index (χ0) is 35.7. The first-order chi connectivity index (χ1) is 23.6. The van der Waals surface area contributed by atoms with Crippen LogP contribution in [0.4, 0.5) is 5.69 Å². The van der Waals surface area contributed by atoms with Crippen LogP contribution in [-0.4, -0.2) is 89.5 Å². The predicted molar refractivity (Wildman–Crippen MR) is 206 cm³/mol. The molecule has 2 heterocycles. The van der Waals surface area contributed by atoms with Crippen molar-refractivity contribution in [2.75, 3.05) is 60.3 Å². The molecule has 7 heteroatoms. The number of amides is 1. The Morgan fingerprint density at radius 2 is 1.71 bits per heavy atom. The van der Waals surface area contributed by atoms with E-state index >= 15 is 0 Å². The van der Waals surface area contributed by atoms with Crippen molar-refractivity contribution in [1.29, 1.82) is 0 Å². The smallest absolute Gasteiger partial charge is 0.231 e. The second kappa shape index (κ2) is 17.7. The van der Waals surface area contributed by atoms with E-state index in [4.69, 9.17) is 4.74 Å². The number of ether oxygens (including phenoxy) is 1. The fourth-order valence-corrected chi connectivity index (χ4v) is 8.29. The third-order valence-corrected chi connectivity index (χ3v) is 11.0.